The highest BCUT2D eigenvalue weighted by Crippen LogP contribution is 2.34. The van der Waals surface area contributed by atoms with Gasteiger partial charge >= 0.3 is 5.97 Å². The van der Waals surface area contributed by atoms with Gasteiger partial charge in [0.05, 0.1) is 31.4 Å². The molecule has 0 spiro atoms. The van der Waals surface area contributed by atoms with E-state index < -0.39 is 5.97 Å². The van der Waals surface area contributed by atoms with Gasteiger partial charge in [-0.3, -0.25) is 23.7 Å². The summed E-state index contributed by atoms with van der Waals surface area (Å²) in [5, 5.41) is 3.69. The number of nitrogens with one attached hydrogen (secondary N) is 1. The van der Waals surface area contributed by atoms with Gasteiger partial charge < -0.3 is 19.7 Å². The smallest absolute Gasteiger partial charge is 0.325 e. The van der Waals surface area contributed by atoms with Crippen molar-refractivity contribution in [3.05, 3.63) is 20.8 Å². The predicted molar refractivity (Wildman–Crippen MR) is 128 cm³/mol. The third kappa shape index (κ3) is 7.54. The number of hydrogen-bond acceptors (Lipinski definition) is 9. The fourth-order valence-corrected chi connectivity index (χ4v) is 5.29. The molecule has 0 aliphatic heterocycles. The third-order valence-electron chi connectivity index (χ3n) is 4.76. The monoisotopic (exact) mass is 498 g/mol. The Bertz CT molecular complexity index is 1030. The van der Waals surface area contributed by atoms with E-state index in [2.05, 4.69) is 10.1 Å². The quantitative estimate of drug-likeness (QED) is 0.236. The highest BCUT2D eigenvalue weighted by molar-refractivity contribution is 7.99. The molecule has 2 amide bonds. The fourth-order valence-electron chi connectivity index (χ4n) is 3.13. The number of nitrogens with zero attached hydrogens (tertiary/aromatic N) is 3. The lowest BCUT2D eigenvalue weighted by atomic mass is 9.97. The minimum Gasteiger partial charge on any atom is -0.468 e. The van der Waals surface area contributed by atoms with E-state index in [9.17, 15) is 19.2 Å². The Morgan fingerprint density at radius 2 is 1.97 bits per heavy atom. The Labute approximate surface area is 200 Å². The maximum Gasteiger partial charge on any atom is 0.325 e. The van der Waals surface area contributed by atoms with Crippen molar-refractivity contribution in [1.29, 1.82) is 0 Å². The van der Waals surface area contributed by atoms with E-state index in [1.54, 1.807) is 37.1 Å². The zero-order valence-corrected chi connectivity index (χ0v) is 21.0. The van der Waals surface area contributed by atoms with E-state index in [0.717, 1.165) is 47.9 Å². The molecule has 2 heterocycles. The molecule has 2 aromatic rings. The molecule has 33 heavy (non-hydrogen) atoms. The van der Waals surface area contributed by atoms with Gasteiger partial charge in [0.15, 0.2) is 5.16 Å². The molecule has 0 aromatic carbocycles. The van der Waals surface area contributed by atoms with Gasteiger partial charge in [-0.2, -0.15) is 0 Å². The first kappa shape index (κ1) is 26.8. The number of fused-ring (bicyclic) bond motifs is 3. The number of rotatable bonds is 9. The van der Waals surface area contributed by atoms with Gasteiger partial charge in [-0.15, -0.1) is 11.3 Å². The molecule has 10 nitrogen and oxygen atoms in total. The normalized spacial score (nSPS) is 12.4. The summed E-state index contributed by atoms with van der Waals surface area (Å²) in [5.74, 6) is -0.792. The Kier molecular flexibility index (Phi) is 10.8. The molecule has 0 fully saturated rings. The molecule has 0 atom stereocenters. The van der Waals surface area contributed by atoms with Crippen LogP contribution in [0.1, 0.15) is 23.3 Å². The molecule has 12 heteroatoms. The molecule has 0 unspecified atom stereocenters. The highest BCUT2D eigenvalue weighted by Gasteiger charge is 2.22. The lowest BCUT2D eigenvalue weighted by Crippen LogP contribution is -2.32. The van der Waals surface area contributed by atoms with Gasteiger partial charge in [-0.25, -0.2) is 4.98 Å². The molecule has 1 N–H and O–H groups in total. The van der Waals surface area contributed by atoms with Crippen molar-refractivity contribution in [2.45, 2.75) is 37.4 Å². The maximum atomic E-state index is 13.2. The molecule has 1 aliphatic rings. The molecule has 0 bridgehead atoms. The first-order chi connectivity index (χ1) is 15.8. The number of ether oxygens (including phenoxy) is 2. The minimum atomic E-state index is -0.515. The Balaban J connectivity index is 0.000000696. The summed E-state index contributed by atoms with van der Waals surface area (Å²) in [6, 6.07) is 0. The number of methoxy groups -OCH3 is 2. The number of amides is 2. The number of aromatic nitrogens is 2. The van der Waals surface area contributed by atoms with Crippen LogP contribution < -0.4 is 10.9 Å². The average Bonchev–Trinajstić information content (AvgIpc) is 3.19. The number of carbonyl (C=O) groups excluding carboxylic acids is 3. The topological polar surface area (TPSA) is 120 Å². The van der Waals surface area contributed by atoms with Crippen molar-refractivity contribution in [1.82, 2.24) is 19.8 Å². The first-order valence-corrected chi connectivity index (χ1v) is 12.2. The van der Waals surface area contributed by atoms with E-state index in [1.807, 2.05) is 0 Å². The van der Waals surface area contributed by atoms with Crippen molar-refractivity contribution in [3.63, 3.8) is 0 Å². The van der Waals surface area contributed by atoms with Gasteiger partial charge in [-0.05, 0) is 31.2 Å². The van der Waals surface area contributed by atoms with Gasteiger partial charge in [0.1, 0.15) is 11.4 Å². The number of thiophene rings is 1. The van der Waals surface area contributed by atoms with Gasteiger partial charge in [0.25, 0.3) is 5.56 Å². The highest BCUT2D eigenvalue weighted by atomic mass is 32.2. The molecule has 2 aromatic heterocycles. The summed E-state index contributed by atoms with van der Waals surface area (Å²) < 4.78 is 11.2. The fraction of sp³-hybridized carbons (Fsp3) is 0.571. The molecular formula is C21H30N4O6S2. The molecule has 0 saturated carbocycles. The molecule has 0 radical (unpaired) electrons. The van der Waals surface area contributed by atoms with Crippen LogP contribution >= 0.6 is 23.1 Å². The van der Waals surface area contributed by atoms with Crippen LogP contribution in [0.15, 0.2) is 9.95 Å². The standard InChI is InChI=1S/C18H23N3O5S2.C3H7NO/c1-25-8-7-21-17(24)15-11-5-3-4-6-12(11)28-16(15)20-18(21)27-10-13(22)19-9-14(23)26-2;1-4(2)3-5/h3-10H2,1-2H3,(H,19,22);3H,1-2H3. The summed E-state index contributed by atoms with van der Waals surface area (Å²) in [4.78, 5) is 53.9. The predicted octanol–water partition coefficient (Wildman–Crippen LogP) is 1.07. The van der Waals surface area contributed by atoms with Gasteiger partial charge in [0, 0.05) is 26.1 Å². The molecule has 1 aliphatic carbocycles. The number of hydrogen-bond donors (Lipinski definition) is 1. The second-order valence-electron chi connectivity index (χ2n) is 7.45. The van der Waals surface area contributed by atoms with Crippen molar-refractivity contribution in [3.8, 4) is 0 Å². The molecule has 182 valence electrons. The molecular weight excluding hydrogens is 468 g/mol. The lowest BCUT2D eigenvalue weighted by Gasteiger charge is -2.13. The van der Waals surface area contributed by atoms with Crippen LogP contribution in [-0.2, 0) is 43.2 Å². The van der Waals surface area contributed by atoms with Crippen LogP contribution in [0.5, 0.6) is 0 Å². The number of aryl methyl sites for hydroxylation is 2. The summed E-state index contributed by atoms with van der Waals surface area (Å²) in [6.45, 7) is 0.563. The van der Waals surface area contributed by atoms with Crippen LogP contribution in [0.3, 0.4) is 0 Å². The van der Waals surface area contributed by atoms with Crippen molar-refractivity contribution in [2.75, 3.05) is 47.2 Å². The van der Waals surface area contributed by atoms with E-state index in [1.165, 1.54) is 28.6 Å². The van der Waals surface area contributed by atoms with E-state index in [-0.39, 0.29) is 23.8 Å². The lowest BCUT2D eigenvalue weighted by molar-refractivity contribution is -0.140. The average molecular weight is 499 g/mol. The number of carbonyl (C=O) groups is 3. The largest absolute Gasteiger partial charge is 0.468 e. The van der Waals surface area contributed by atoms with Gasteiger partial charge in [-0.1, -0.05) is 11.8 Å². The summed E-state index contributed by atoms with van der Waals surface area (Å²) in [7, 11) is 6.22. The SMILES string of the molecule is CN(C)C=O.COCCn1c(SCC(=O)NCC(=O)OC)nc2sc3c(c2c1=O)CCCC3. The zero-order chi connectivity index (χ0) is 24.4. The molecule has 3 rings (SSSR count). The van der Waals surface area contributed by atoms with Crippen LogP contribution in [-0.4, -0.2) is 80.0 Å². The van der Waals surface area contributed by atoms with Crippen molar-refractivity contribution >= 4 is 51.6 Å². The summed E-state index contributed by atoms with van der Waals surface area (Å²) in [6.07, 6.45) is 4.89. The zero-order valence-electron chi connectivity index (χ0n) is 19.3. The maximum absolute atomic E-state index is 13.2. The number of esters is 1. The second-order valence-corrected chi connectivity index (χ2v) is 9.47. The summed E-state index contributed by atoms with van der Waals surface area (Å²) in [5.41, 5.74) is 1.07. The van der Waals surface area contributed by atoms with Crippen LogP contribution in [0.25, 0.3) is 10.2 Å². The van der Waals surface area contributed by atoms with E-state index in [0.29, 0.717) is 18.3 Å². The Morgan fingerprint density at radius 3 is 2.61 bits per heavy atom. The third-order valence-corrected chi connectivity index (χ3v) is 6.92. The van der Waals surface area contributed by atoms with Crippen molar-refractivity contribution in [2.24, 2.45) is 0 Å². The first-order valence-electron chi connectivity index (χ1n) is 10.4. The van der Waals surface area contributed by atoms with Gasteiger partial charge in [0.2, 0.25) is 12.3 Å². The summed E-state index contributed by atoms with van der Waals surface area (Å²) >= 11 is 2.76. The minimum absolute atomic E-state index is 0.0486. The van der Waals surface area contributed by atoms with E-state index in [4.69, 9.17) is 9.72 Å². The van der Waals surface area contributed by atoms with Crippen LogP contribution in [0.4, 0.5) is 0 Å². The Morgan fingerprint density at radius 1 is 1.27 bits per heavy atom. The molecule has 0 saturated heterocycles. The van der Waals surface area contributed by atoms with Crippen molar-refractivity contribution < 1.29 is 23.9 Å². The van der Waals surface area contributed by atoms with Crippen LogP contribution in [0, 0.1) is 0 Å². The van der Waals surface area contributed by atoms with E-state index >= 15 is 0 Å². The Hall–Kier alpha value is -2.44. The van der Waals surface area contributed by atoms with Crippen LogP contribution in [0.2, 0.25) is 0 Å². The second kappa shape index (κ2) is 13.3. The number of thioether (sulfide) groups is 1.